The van der Waals surface area contributed by atoms with E-state index in [1.165, 1.54) is 0 Å². The number of hydrogen-bond donors (Lipinski definition) is 1. The van der Waals surface area contributed by atoms with Crippen LogP contribution in [0.3, 0.4) is 0 Å². The summed E-state index contributed by atoms with van der Waals surface area (Å²) in [6.07, 6.45) is 0. The maximum absolute atomic E-state index is 12.5. The molecule has 0 aliphatic carbocycles. The van der Waals surface area contributed by atoms with Crippen LogP contribution in [0, 0.1) is 0 Å². The van der Waals surface area contributed by atoms with E-state index >= 15 is 0 Å². The van der Waals surface area contributed by atoms with Gasteiger partial charge in [0.25, 0.3) is 5.91 Å². The van der Waals surface area contributed by atoms with Crippen molar-refractivity contribution in [1.29, 1.82) is 0 Å². The highest BCUT2D eigenvalue weighted by molar-refractivity contribution is 9.10. The van der Waals surface area contributed by atoms with Gasteiger partial charge in [-0.25, -0.2) is 0 Å². The Balaban J connectivity index is 2.33. The highest BCUT2D eigenvalue weighted by atomic mass is 79.9. The zero-order valence-electron chi connectivity index (χ0n) is 10.6. The topological polar surface area (TPSA) is 46.3 Å². The number of nitrogens with two attached hydrogens (primary N) is 1. The first-order valence-corrected chi connectivity index (χ1v) is 6.84. The molecule has 0 aromatic heterocycles. The van der Waals surface area contributed by atoms with Crippen LogP contribution in [0.25, 0.3) is 0 Å². The molecule has 2 N–H and O–H groups in total. The van der Waals surface area contributed by atoms with Crippen molar-refractivity contribution in [3.05, 3.63) is 58.6 Å². The Kier molecular flexibility index (Phi) is 4.22. The number of nitrogens with zero attached hydrogens (tertiary/aromatic N) is 1. The van der Waals surface area contributed by atoms with Crippen LogP contribution < -0.4 is 10.6 Å². The molecule has 2 rings (SSSR count). The highest BCUT2D eigenvalue weighted by Gasteiger charge is 2.16. The summed E-state index contributed by atoms with van der Waals surface area (Å²) in [5.41, 5.74) is 7.87. The van der Waals surface area contributed by atoms with Crippen molar-refractivity contribution in [2.75, 3.05) is 17.2 Å². The lowest BCUT2D eigenvalue weighted by atomic mass is 10.1. The number of amides is 1. The fourth-order valence-corrected chi connectivity index (χ4v) is 2.25. The normalized spacial score (nSPS) is 10.2. The molecule has 0 aliphatic rings. The van der Waals surface area contributed by atoms with Crippen molar-refractivity contribution < 1.29 is 4.79 Å². The van der Waals surface area contributed by atoms with Gasteiger partial charge in [0.15, 0.2) is 0 Å². The van der Waals surface area contributed by atoms with E-state index < -0.39 is 0 Å². The molecule has 0 bridgehead atoms. The summed E-state index contributed by atoms with van der Waals surface area (Å²) in [6, 6.07) is 14.9. The summed E-state index contributed by atoms with van der Waals surface area (Å²) in [7, 11) is 0. The van der Waals surface area contributed by atoms with Crippen LogP contribution in [0.15, 0.2) is 53.0 Å². The zero-order chi connectivity index (χ0) is 13.8. The van der Waals surface area contributed by atoms with Crippen LogP contribution >= 0.6 is 15.9 Å². The van der Waals surface area contributed by atoms with E-state index in [2.05, 4.69) is 15.9 Å². The Morgan fingerprint density at radius 3 is 2.47 bits per heavy atom. The third-order valence-corrected chi connectivity index (χ3v) is 3.56. The van der Waals surface area contributed by atoms with Crippen molar-refractivity contribution in [2.24, 2.45) is 0 Å². The first-order valence-electron chi connectivity index (χ1n) is 6.05. The number of para-hydroxylation sites is 1. The number of benzene rings is 2. The minimum atomic E-state index is -0.0330. The number of rotatable bonds is 3. The van der Waals surface area contributed by atoms with E-state index in [0.717, 1.165) is 10.2 Å². The van der Waals surface area contributed by atoms with Crippen molar-refractivity contribution in [2.45, 2.75) is 6.92 Å². The molecular formula is C15H15BrN2O. The largest absolute Gasteiger partial charge is 0.398 e. The molecule has 0 saturated heterocycles. The van der Waals surface area contributed by atoms with Crippen molar-refractivity contribution >= 4 is 33.2 Å². The van der Waals surface area contributed by atoms with Crippen molar-refractivity contribution in [3.63, 3.8) is 0 Å². The molecule has 0 saturated carbocycles. The SMILES string of the molecule is CCN(C(=O)c1ccc(N)c(Br)c1)c1ccccc1. The molecule has 2 aromatic carbocycles. The lowest BCUT2D eigenvalue weighted by molar-refractivity contribution is 0.0988. The molecule has 0 atom stereocenters. The van der Waals surface area contributed by atoms with Crippen LogP contribution in [0.1, 0.15) is 17.3 Å². The third kappa shape index (κ3) is 2.96. The Hall–Kier alpha value is -1.81. The molecule has 0 fully saturated rings. The average Bonchev–Trinajstić information content (AvgIpc) is 2.44. The Bertz CT molecular complexity index is 584. The van der Waals surface area contributed by atoms with Gasteiger partial charge in [-0.05, 0) is 53.2 Å². The van der Waals surface area contributed by atoms with Crippen LogP contribution in [-0.4, -0.2) is 12.5 Å². The minimum Gasteiger partial charge on any atom is -0.398 e. The molecule has 98 valence electrons. The molecular weight excluding hydrogens is 304 g/mol. The molecule has 1 amide bonds. The first-order chi connectivity index (χ1) is 9.13. The van der Waals surface area contributed by atoms with Crippen LogP contribution in [-0.2, 0) is 0 Å². The average molecular weight is 319 g/mol. The van der Waals surface area contributed by atoms with Gasteiger partial charge in [0.2, 0.25) is 0 Å². The molecule has 4 heteroatoms. The second kappa shape index (κ2) is 5.89. The number of hydrogen-bond acceptors (Lipinski definition) is 2. The van der Waals surface area contributed by atoms with Gasteiger partial charge in [-0.15, -0.1) is 0 Å². The molecule has 0 heterocycles. The molecule has 3 nitrogen and oxygen atoms in total. The summed E-state index contributed by atoms with van der Waals surface area (Å²) in [5.74, 6) is -0.0330. The number of halogens is 1. The van der Waals surface area contributed by atoms with Gasteiger partial charge in [-0.1, -0.05) is 18.2 Å². The van der Waals surface area contributed by atoms with E-state index in [9.17, 15) is 4.79 Å². The minimum absolute atomic E-state index is 0.0330. The Labute approximate surface area is 121 Å². The van der Waals surface area contributed by atoms with Crippen LogP contribution in [0.5, 0.6) is 0 Å². The van der Waals surface area contributed by atoms with Gasteiger partial charge in [0.1, 0.15) is 0 Å². The summed E-state index contributed by atoms with van der Waals surface area (Å²) < 4.78 is 0.738. The quantitative estimate of drug-likeness (QED) is 0.877. The van der Waals surface area contributed by atoms with E-state index in [0.29, 0.717) is 17.8 Å². The Morgan fingerprint density at radius 1 is 1.21 bits per heavy atom. The Morgan fingerprint density at radius 2 is 1.89 bits per heavy atom. The summed E-state index contributed by atoms with van der Waals surface area (Å²) in [4.78, 5) is 14.2. The highest BCUT2D eigenvalue weighted by Crippen LogP contribution is 2.23. The van der Waals surface area contributed by atoms with Crippen molar-refractivity contribution in [3.8, 4) is 0 Å². The number of carbonyl (C=O) groups is 1. The van der Waals surface area contributed by atoms with Crippen LogP contribution in [0.4, 0.5) is 11.4 Å². The summed E-state index contributed by atoms with van der Waals surface area (Å²) in [5, 5.41) is 0. The number of nitrogen functional groups attached to an aromatic ring is 1. The van der Waals surface area contributed by atoms with Crippen molar-refractivity contribution in [1.82, 2.24) is 0 Å². The number of carbonyl (C=O) groups excluding carboxylic acids is 1. The molecule has 0 unspecified atom stereocenters. The molecule has 0 aliphatic heterocycles. The van der Waals surface area contributed by atoms with E-state index in [4.69, 9.17) is 5.73 Å². The second-order valence-corrected chi connectivity index (χ2v) is 4.98. The van der Waals surface area contributed by atoms with Crippen LogP contribution in [0.2, 0.25) is 0 Å². The maximum Gasteiger partial charge on any atom is 0.258 e. The lowest BCUT2D eigenvalue weighted by Crippen LogP contribution is -2.30. The predicted molar refractivity (Wildman–Crippen MR) is 82.3 cm³/mol. The van der Waals surface area contributed by atoms with Gasteiger partial charge in [-0.3, -0.25) is 4.79 Å². The molecule has 2 aromatic rings. The van der Waals surface area contributed by atoms with E-state index in [1.54, 1.807) is 23.1 Å². The fourth-order valence-electron chi connectivity index (χ4n) is 1.87. The van der Waals surface area contributed by atoms with Gasteiger partial charge in [0, 0.05) is 28.0 Å². The maximum atomic E-state index is 12.5. The lowest BCUT2D eigenvalue weighted by Gasteiger charge is -2.21. The molecule has 19 heavy (non-hydrogen) atoms. The fraction of sp³-hybridized carbons (Fsp3) is 0.133. The summed E-state index contributed by atoms with van der Waals surface area (Å²) >= 11 is 3.35. The predicted octanol–water partition coefficient (Wildman–Crippen LogP) is 3.70. The van der Waals surface area contributed by atoms with E-state index in [1.807, 2.05) is 37.3 Å². The molecule has 0 radical (unpaired) electrons. The van der Waals surface area contributed by atoms with Gasteiger partial charge >= 0.3 is 0 Å². The third-order valence-electron chi connectivity index (χ3n) is 2.88. The summed E-state index contributed by atoms with van der Waals surface area (Å²) in [6.45, 7) is 2.57. The van der Waals surface area contributed by atoms with Gasteiger partial charge < -0.3 is 10.6 Å². The smallest absolute Gasteiger partial charge is 0.258 e. The first kappa shape index (κ1) is 13.6. The second-order valence-electron chi connectivity index (χ2n) is 4.12. The number of anilines is 2. The zero-order valence-corrected chi connectivity index (χ0v) is 12.2. The monoisotopic (exact) mass is 318 g/mol. The van der Waals surface area contributed by atoms with Gasteiger partial charge in [0.05, 0.1) is 0 Å². The van der Waals surface area contributed by atoms with E-state index in [-0.39, 0.29) is 5.91 Å². The van der Waals surface area contributed by atoms with Gasteiger partial charge in [-0.2, -0.15) is 0 Å². The molecule has 0 spiro atoms. The standard InChI is InChI=1S/C15H15BrN2O/c1-2-18(12-6-4-3-5-7-12)15(19)11-8-9-14(17)13(16)10-11/h3-10H,2,17H2,1H3.